The third-order valence-corrected chi connectivity index (χ3v) is 5.35. The van der Waals surface area contributed by atoms with Gasteiger partial charge in [-0.15, -0.1) is 0 Å². The van der Waals surface area contributed by atoms with Gasteiger partial charge >= 0.3 is 0 Å². The van der Waals surface area contributed by atoms with Crippen molar-refractivity contribution in [2.75, 3.05) is 19.5 Å². The van der Waals surface area contributed by atoms with Crippen LogP contribution < -0.4 is 20.3 Å². The second-order valence-corrected chi connectivity index (χ2v) is 7.62. The number of aryl methyl sites for hydroxylation is 1. The number of hydrogen-bond acceptors (Lipinski definition) is 7. The molecule has 1 amide bonds. The Labute approximate surface area is 198 Å². The van der Waals surface area contributed by atoms with E-state index in [0.717, 1.165) is 5.69 Å². The molecular weight excluding hydrogens is 450 g/mol. The van der Waals surface area contributed by atoms with Crippen LogP contribution in [0.1, 0.15) is 16.1 Å². The van der Waals surface area contributed by atoms with Crippen molar-refractivity contribution in [2.24, 2.45) is 0 Å². The lowest BCUT2D eigenvalue weighted by Crippen LogP contribution is -2.19. The van der Waals surface area contributed by atoms with Crippen molar-refractivity contribution < 1.29 is 14.3 Å². The first-order valence-corrected chi connectivity index (χ1v) is 10.6. The zero-order valence-corrected chi connectivity index (χ0v) is 19.1. The largest absolute Gasteiger partial charge is 0.497 e. The summed E-state index contributed by atoms with van der Waals surface area (Å²) in [5.74, 6) is 0.932. The Morgan fingerprint density at radius 1 is 1.03 bits per heavy atom. The minimum Gasteiger partial charge on any atom is -0.497 e. The summed E-state index contributed by atoms with van der Waals surface area (Å²) >= 11 is 0. The van der Waals surface area contributed by atoms with Crippen LogP contribution in [0.4, 0.5) is 5.82 Å². The van der Waals surface area contributed by atoms with Crippen LogP contribution in [0.3, 0.4) is 0 Å². The zero-order chi connectivity index (χ0) is 24.5. The highest BCUT2D eigenvalue weighted by molar-refractivity contribution is 6.06. The molecule has 11 nitrogen and oxygen atoms in total. The van der Waals surface area contributed by atoms with E-state index < -0.39 is 5.91 Å². The molecule has 0 aliphatic rings. The summed E-state index contributed by atoms with van der Waals surface area (Å²) in [5, 5.41) is 11.9. The van der Waals surface area contributed by atoms with Gasteiger partial charge in [0.05, 0.1) is 37.4 Å². The molecule has 0 aliphatic heterocycles. The van der Waals surface area contributed by atoms with Crippen LogP contribution in [0.5, 0.6) is 11.5 Å². The number of hydrogen-bond donors (Lipinski definition) is 2. The fourth-order valence-electron chi connectivity index (χ4n) is 3.69. The summed E-state index contributed by atoms with van der Waals surface area (Å²) in [6.45, 7) is 1.77. The Kier molecular flexibility index (Phi) is 5.49. The molecular formula is C24H21N7O4. The van der Waals surface area contributed by atoms with Crippen LogP contribution in [0.2, 0.25) is 0 Å². The molecule has 0 saturated heterocycles. The molecule has 0 aliphatic carbocycles. The molecule has 0 fully saturated rings. The number of carbonyl (C=O) groups is 1. The number of benzene rings is 2. The number of anilines is 1. The molecule has 2 aromatic carbocycles. The third kappa shape index (κ3) is 3.99. The fourth-order valence-corrected chi connectivity index (χ4v) is 3.69. The second-order valence-electron chi connectivity index (χ2n) is 7.62. The van der Waals surface area contributed by atoms with Gasteiger partial charge < -0.3 is 14.8 Å². The number of H-pyrrole nitrogens is 1. The molecule has 0 radical (unpaired) electrons. The number of para-hydroxylation sites is 1. The molecule has 11 heteroatoms. The van der Waals surface area contributed by atoms with Gasteiger partial charge in [-0.3, -0.25) is 14.6 Å². The quantitative estimate of drug-likeness (QED) is 0.390. The van der Waals surface area contributed by atoms with Gasteiger partial charge in [0.25, 0.3) is 11.5 Å². The van der Waals surface area contributed by atoms with Crippen LogP contribution >= 0.6 is 0 Å². The predicted octanol–water partition coefficient (Wildman–Crippen LogP) is 2.87. The summed E-state index contributed by atoms with van der Waals surface area (Å²) in [4.78, 5) is 33.2. The number of aromatic nitrogens is 6. The van der Waals surface area contributed by atoms with Crippen LogP contribution in [-0.4, -0.2) is 49.7 Å². The number of carbonyl (C=O) groups excluding carboxylic acids is 1. The van der Waals surface area contributed by atoms with Crippen molar-refractivity contribution in [1.82, 2.24) is 29.5 Å². The summed E-state index contributed by atoms with van der Waals surface area (Å²) in [5.41, 5.74) is 1.65. The molecule has 0 saturated carbocycles. The SMILES string of the molecule is COc1ccc(C(=O)Nc2cc(C)nn2-c2nc3c(cnn3-c3ccccc3)c(=O)[nH]2)c(OC)c1. The third-order valence-electron chi connectivity index (χ3n) is 5.35. The Bertz CT molecular complexity index is 1600. The number of methoxy groups -OCH3 is 2. The van der Waals surface area contributed by atoms with Gasteiger partial charge in [-0.2, -0.15) is 19.9 Å². The van der Waals surface area contributed by atoms with E-state index in [2.05, 4.69) is 25.5 Å². The summed E-state index contributed by atoms with van der Waals surface area (Å²) in [7, 11) is 3.00. The lowest BCUT2D eigenvalue weighted by molar-refractivity contribution is 0.102. The Morgan fingerprint density at radius 3 is 2.57 bits per heavy atom. The van der Waals surface area contributed by atoms with Gasteiger partial charge in [-0.05, 0) is 31.2 Å². The molecule has 3 heterocycles. The minimum absolute atomic E-state index is 0.130. The van der Waals surface area contributed by atoms with Crippen LogP contribution in [0, 0.1) is 6.92 Å². The Balaban J connectivity index is 1.56. The highest BCUT2D eigenvalue weighted by Gasteiger charge is 2.19. The number of amides is 1. The van der Waals surface area contributed by atoms with E-state index in [1.807, 2.05) is 30.3 Å². The van der Waals surface area contributed by atoms with Gasteiger partial charge in [-0.1, -0.05) is 18.2 Å². The van der Waals surface area contributed by atoms with Gasteiger partial charge in [0.15, 0.2) is 5.65 Å². The van der Waals surface area contributed by atoms with Crippen LogP contribution in [0.25, 0.3) is 22.7 Å². The maximum atomic E-state index is 13.1. The first-order valence-electron chi connectivity index (χ1n) is 10.6. The van der Waals surface area contributed by atoms with Crippen LogP contribution in [0.15, 0.2) is 65.6 Å². The Hall–Kier alpha value is -4.93. The molecule has 5 rings (SSSR count). The maximum Gasteiger partial charge on any atom is 0.263 e. The average molecular weight is 471 g/mol. The molecule has 3 aromatic heterocycles. The van der Waals surface area contributed by atoms with E-state index in [4.69, 9.17) is 9.47 Å². The number of nitrogens with zero attached hydrogens (tertiary/aromatic N) is 5. The number of aromatic amines is 1. The molecule has 0 unspecified atom stereocenters. The lowest BCUT2D eigenvalue weighted by Gasteiger charge is -2.12. The van der Waals surface area contributed by atoms with Crippen molar-refractivity contribution in [1.29, 1.82) is 0 Å². The minimum atomic E-state index is -0.427. The van der Waals surface area contributed by atoms with Crippen molar-refractivity contribution in [3.8, 4) is 23.1 Å². The van der Waals surface area contributed by atoms with Gasteiger partial charge in [-0.25, -0.2) is 4.68 Å². The highest BCUT2D eigenvalue weighted by Crippen LogP contribution is 2.26. The number of fused-ring (bicyclic) bond motifs is 1. The average Bonchev–Trinajstić information content (AvgIpc) is 3.47. The van der Waals surface area contributed by atoms with E-state index in [0.29, 0.717) is 39.6 Å². The first kappa shape index (κ1) is 21.9. The van der Waals surface area contributed by atoms with E-state index in [1.54, 1.807) is 35.9 Å². The van der Waals surface area contributed by atoms with E-state index >= 15 is 0 Å². The number of ether oxygens (including phenoxy) is 2. The van der Waals surface area contributed by atoms with Crippen molar-refractivity contribution >= 4 is 22.8 Å². The van der Waals surface area contributed by atoms with Gasteiger partial charge in [0.2, 0.25) is 5.95 Å². The predicted molar refractivity (Wildman–Crippen MR) is 129 cm³/mol. The molecule has 5 aromatic rings. The first-order chi connectivity index (χ1) is 17.0. The van der Waals surface area contributed by atoms with Crippen molar-refractivity contribution in [2.45, 2.75) is 6.92 Å². The molecule has 0 spiro atoms. The van der Waals surface area contributed by atoms with Crippen molar-refractivity contribution in [3.63, 3.8) is 0 Å². The molecule has 0 bridgehead atoms. The standard InChI is InChI=1S/C24H21N7O4/c1-14-11-20(26-22(32)17-10-9-16(34-2)12-19(17)35-3)31(29-14)24-27-21-18(23(33)28-24)13-25-30(21)15-7-5-4-6-8-15/h4-13H,1-3H3,(H,26,32)(H,27,28,33). The zero-order valence-electron chi connectivity index (χ0n) is 19.1. The lowest BCUT2D eigenvalue weighted by atomic mass is 10.1. The second kappa shape index (κ2) is 8.78. The topological polar surface area (TPSA) is 129 Å². The van der Waals surface area contributed by atoms with E-state index in [-0.39, 0.29) is 11.5 Å². The fraction of sp³-hybridized carbons (Fsp3) is 0.125. The summed E-state index contributed by atoms with van der Waals surface area (Å²) < 4.78 is 13.5. The highest BCUT2D eigenvalue weighted by atomic mass is 16.5. The smallest absolute Gasteiger partial charge is 0.263 e. The molecule has 2 N–H and O–H groups in total. The number of rotatable bonds is 6. The maximum absolute atomic E-state index is 13.1. The Morgan fingerprint density at radius 2 is 1.83 bits per heavy atom. The molecule has 35 heavy (non-hydrogen) atoms. The van der Waals surface area contributed by atoms with Gasteiger partial charge in [0.1, 0.15) is 22.7 Å². The normalized spacial score (nSPS) is 10.9. The molecule has 176 valence electrons. The number of nitrogens with one attached hydrogen (secondary N) is 2. The monoisotopic (exact) mass is 471 g/mol. The van der Waals surface area contributed by atoms with E-state index in [9.17, 15) is 9.59 Å². The van der Waals surface area contributed by atoms with Gasteiger partial charge in [0, 0.05) is 12.1 Å². The molecule has 0 atom stereocenters. The van der Waals surface area contributed by atoms with Crippen molar-refractivity contribution in [3.05, 3.63) is 82.4 Å². The summed E-state index contributed by atoms with van der Waals surface area (Å²) in [6.07, 6.45) is 1.46. The van der Waals surface area contributed by atoms with E-state index in [1.165, 1.54) is 25.1 Å². The summed E-state index contributed by atoms with van der Waals surface area (Å²) in [6, 6.07) is 15.9. The van der Waals surface area contributed by atoms with Crippen LogP contribution in [-0.2, 0) is 0 Å².